The van der Waals surface area contributed by atoms with Crippen LogP contribution >= 0.6 is 11.3 Å². The van der Waals surface area contributed by atoms with Crippen LogP contribution in [-0.4, -0.2) is 41.3 Å². The second-order valence-corrected chi connectivity index (χ2v) is 6.42. The minimum Gasteiger partial charge on any atom is -0.397 e. The monoisotopic (exact) mass is 327 g/mol. The number of nitrogen functional groups attached to an aromatic ring is 1. The molecule has 0 atom stereocenters. The van der Waals surface area contributed by atoms with Gasteiger partial charge in [0.2, 0.25) is 0 Å². The SMILES string of the molecule is Cc1ncc(N)cc1-c1nc(N2CCOCC2)c2sccc2n1. The topological polar surface area (TPSA) is 77.2 Å². The lowest BCUT2D eigenvalue weighted by molar-refractivity contribution is 0.122. The highest BCUT2D eigenvalue weighted by Gasteiger charge is 2.19. The Morgan fingerprint density at radius 1 is 1.26 bits per heavy atom. The van der Waals surface area contributed by atoms with Gasteiger partial charge in [-0.25, -0.2) is 9.97 Å². The normalized spacial score (nSPS) is 15.3. The highest BCUT2D eigenvalue weighted by Crippen LogP contribution is 2.32. The number of hydrogen-bond acceptors (Lipinski definition) is 7. The smallest absolute Gasteiger partial charge is 0.164 e. The summed E-state index contributed by atoms with van der Waals surface area (Å²) in [6.07, 6.45) is 1.66. The van der Waals surface area contributed by atoms with Crippen LogP contribution in [0.15, 0.2) is 23.7 Å². The van der Waals surface area contributed by atoms with Gasteiger partial charge in [-0.15, -0.1) is 11.3 Å². The third-order valence-corrected chi connectivity index (χ3v) is 4.84. The van der Waals surface area contributed by atoms with Crippen molar-refractivity contribution in [2.45, 2.75) is 6.92 Å². The van der Waals surface area contributed by atoms with Gasteiger partial charge in [0.15, 0.2) is 11.6 Å². The van der Waals surface area contributed by atoms with E-state index in [1.54, 1.807) is 17.5 Å². The summed E-state index contributed by atoms with van der Waals surface area (Å²) in [7, 11) is 0. The third-order valence-electron chi connectivity index (χ3n) is 3.95. The van der Waals surface area contributed by atoms with Gasteiger partial charge in [-0.3, -0.25) is 4.98 Å². The predicted molar refractivity (Wildman–Crippen MR) is 92.8 cm³/mol. The van der Waals surface area contributed by atoms with Crippen LogP contribution in [0.1, 0.15) is 5.69 Å². The maximum atomic E-state index is 5.90. The van der Waals surface area contributed by atoms with Crippen LogP contribution in [0.25, 0.3) is 21.6 Å². The average molecular weight is 327 g/mol. The number of nitrogens with zero attached hydrogens (tertiary/aromatic N) is 4. The number of pyridine rings is 1. The zero-order valence-electron chi connectivity index (χ0n) is 12.8. The fraction of sp³-hybridized carbons (Fsp3) is 0.312. The number of aromatic nitrogens is 3. The second-order valence-electron chi connectivity index (χ2n) is 5.51. The summed E-state index contributed by atoms with van der Waals surface area (Å²) < 4.78 is 6.57. The number of thiophene rings is 1. The molecule has 0 aliphatic carbocycles. The predicted octanol–water partition coefficient (Wildman–Crippen LogP) is 2.48. The second kappa shape index (κ2) is 5.75. The fourth-order valence-corrected chi connectivity index (χ4v) is 3.58. The molecule has 4 heterocycles. The Balaban J connectivity index is 1.89. The van der Waals surface area contributed by atoms with E-state index in [9.17, 15) is 0 Å². The number of aryl methyl sites for hydroxylation is 1. The van der Waals surface area contributed by atoms with Crippen molar-refractivity contribution in [1.82, 2.24) is 15.0 Å². The summed E-state index contributed by atoms with van der Waals surface area (Å²) in [4.78, 5) is 16.1. The van der Waals surface area contributed by atoms with Crippen molar-refractivity contribution < 1.29 is 4.74 Å². The molecule has 23 heavy (non-hydrogen) atoms. The molecule has 0 spiro atoms. The van der Waals surface area contributed by atoms with Gasteiger partial charge in [0, 0.05) is 24.3 Å². The van der Waals surface area contributed by atoms with Gasteiger partial charge in [0.05, 0.1) is 35.3 Å². The van der Waals surface area contributed by atoms with Crippen molar-refractivity contribution in [1.29, 1.82) is 0 Å². The standard InChI is InChI=1S/C16H17N5OS/c1-10-12(8-11(17)9-18-10)15-19-13-2-7-23-14(13)16(20-15)21-3-5-22-6-4-21/h2,7-9H,3-6,17H2,1H3. The number of anilines is 2. The lowest BCUT2D eigenvalue weighted by atomic mass is 10.1. The summed E-state index contributed by atoms with van der Waals surface area (Å²) in [5.41, 5.74) is 9.23. The maximum absolute atomic E-state index is 5.90. The lowest BCUT2D eigenvalue weighted by Gasteiger charge is -2.28. The van der Waals surface area contributed by atoms with Gasteiger partial charge in [0.25, 0.3) is 0 Å². The van der Waals surface area contributed by atoms with Crippen molar-refractivity contribution in [3.63, 3.8) is 0 Å². The molecule has 1 fully saturated rings. The number of ether oxygens (including phenoxy) is 1. The molecule has 0 amide bonds. The fourth-order valence-electron chi connectivity index (χ4n) is 2.73. The van der Waals surface area contributed by atoms with Crippen molar-refractivity contribution in [2.75, 3.05) is 36.9 Å². The Hall–Kier alpha value is -2.25. The maximum Gasteiger partial charge on any atom is 0.164 e. The van der Waals surface area contributed by atoms with Gasteiger partial charge in [-0.05, 0) is 24.4 Å². The van der Waals surface area contributed by atoms with E-state index in [0.29, 0.717) is 11.5 Å². The Labute approximate surface area is 138 Å². The molecule has 1 aliphatic rings. The molecule has 0 unspecified atom stereocenters. The van der Waals surface area contributed by atoms with Crippen molar-refractivity contribution in [2.24, 2.45) is 0 Å². The summed E-state index contributed by atoms with van der Waals surface area (Å²) in [6, 6.07) is 3.92. The molecular formula is C16H17N5OS. The molecule has 118 valence electrons. The van der Waals surface area contributed by atoms with Crippen LogP contribution in [-0.2, 0) is 4.74 Å². The molecule has 0 bridgehead atoms. The quantitative estimate of drug-likeness (QED) is 0.779. The van der Waals surface area contributed by atoms with Crippen molar-refractivity contribution in [3.05, 3.63) is 29.4 Å². The molecule has 2 N–H and O–H groups in total. The largest absolute Gasteiger partial charge is 0.397 e. The van der Waals surface area contributed by atoms with E-state index in [0.717, 1.165) is 53.6 Å². The van der Waals surface area contributed by atoms with E-state index in [1.807, 2.05) is 19.1 Å². The summed E-state index contributed by atoms with van der Waals surface area (Å²) in [5.74, 6) is 1.65. The van der Waals surface area contributed by atoms with E-state index < -0.39 is 0 Å². The Kier molecular flexibility index (Phi) is 3.59. The van der Waals surface area contributed by atoms with Crippen molar-refractivity contribution >= 4 is 33.1 Å². The van der Waals surface area contributed by atoms with Gasteiger partial charge >= 0.3 is 0 Å². The molecule has 6 nitrogen and oxygen atoms in total. The summed E-state index contributed by atoms with van der Waals surface area (Å²) in [6.45, 7) is 5.09. The summed E-state index contributed by atoms with van der Waals surface area (Å²) >= 11 is 1.67. The van der Waals surface area contributed by atoms with Crippen LogP contribution in [0.3, 0.4) is 0 Å². The first-order chi connectivity index (χ1) is 11.2. The number of nitrogens with two attached hydrogens (primary N) is 1. The lowest BCUT2D eigenvalue weighted by Crippen LogP contribution is -2.36. The Morgan fingerprint density at radius 2 is 2.09 bits per heavy atom. The van der Waals surface area contributed by atoms with Crippen LogP contribution in [0.4, 0.5) is 11.5 Å². The van der Waals surface area contributed by atoms with E-state index in [1.165, 1.54) is 0 Å². The number of rotatable bonds is 2. The molecule has 0 radical (unpaired) electrons. The van der Waals surface area contributed by atoms with Crippen LogP contribution < -0.4 is 10.6 Å². The highest BCUT2D eigenvalue weighted by atomic mass is 32.1. The molecule has 3 aromatic rings. The van der Waals surface area contributed by atoms with E-state index >= 15 is 0 Å². The average Bonchev–Trinajstić information content (AvgIpc) is 3.05. The first kappa shape index (κ1) is 14.3. The molecule has 1 saturated heterocycles. The van der Waals surface area contributed by atoms with E-state index in [2.05, 4.69) is 15.3 Å². The van der Waals surface area contributed by atoms with E-state index in [-0.39, 0.29) is 0 Å². The highest BCUT2D eigenvalue weighted by molar-refractivity contribution is 7.17. The zero-order chi connectivity index (χ0) is 15.8. The van der Waals surface area contributed by atoms with Gasteiger partial charge < -0.3 is 15.4 Å². The van der Waals surface area contributed by atoms with Crippen LogP contribution in [0, 0.1) is 6.92 Å². The number of hydrogen-bond donors (Lipinski definition) is 1. The zero-order valence-corrected chi connectivity index (χ0v) is 13.6. The van der Waals surface area contributed by atoms with Crippen LogP contribution in [0.5, 0.6) is 0 Å². The molecular weight excluding hydrogens is 310 g/mol. The molecule has 0 aromatic carbocycles. The van der Waals surface area contributed by atoms with E-state index in [4.69, 9.17) is 20.4 Å². The third kappa shape index (κ3) is 2.62. The van der Waals surface area contributed by atoms with Gasteiger partial charge in [-0.1, -0.05) is 0 Å². The first-order valence-corrected chi connectivity index (χ1v) is 8.41. The Bertz CT molecular complexity index is 857. The molecule has 3 aromatic heterocycles. The van der Waals surface area contributed by atoms with Crippen molar-refractivity contribution in [3.8, 4) is 11.4 Å². The molecule has 7 heteroatoms. The first-order valence-electron chi connectivity index (χ1n) is 7.53. The molecule has 4 rings (SSSR count). The van der Waals surface area contributed by atoms with Gasteiger partial charge in [0.1, 0.15) is 0 Å². The summed E-state index contributed by atoms with van der Waals surface area (Å²) in [5, 5.41) is 2.05. The number of morpholine rings is 1. The minimum atomic E-state index is 0.618. The minimum absolute atomic E-state index is 0.618. The molecule has 0 saturated carbocycles. The molecule has 1 aliphatic heterocycles. The number of fused-ring (bicyclic) bond motifs is 1. The van der Waals surface area contributed by atoms with Gasteiger partial charge in [-0.2, -0.15) is 0 Å². The Morgan fingerprint density at radius 3 is 2.91 bits per heavy atom. The van der Waals surface area contributed by atoms with Crippen LogP contribution in [0.2, 0.25) is 0 Å².